The number of hydrogen-bond donors (Lipinski definition) is 0. The summed E-state index contributed by atoms with van der Waals surface area (Å²) in [6.07, 6.45) is 3.36. The third kappa shape index (κ3) is 0.913. The zero-order valence-electron chi connectivity index (χ0n) is 9.62. The van der Waals surface area contributed by atoms with Crippen molar-refractivity contribution in [3.63, 3.8) is 0 Å². The molecule has 1 fully saturated rings. The van der Waals surface area contributed by atoms with Gasteiger partial charge in [-0.05, 0) is 30.9 Å². The van der Waals surface area contributed by atoms with Crippen molar-refractivity contribution in [2.24, 2.45) is 0 Å². The zero-order chi connectivity index (χ0) is 11.3. The van der Waals surface area contributed by atoms with Gasteiger partial charge in [-0.25, -0.2) is 0 Å². The number of rotatable bonds is 1. The molecule has 3 nitrogen and oxygen atoms in total. The second kappa shape index (κ2) is 3.00. The minimum atomic E-state index is -0.0268. The topological polar surface area (TPSA) is 29.5 Å². The van der Waals surface area contributed by atoms with E-state index in [1.165, 1.54) is 6.42 Å². The van der Waals surface area contributed by atoms with Crippen LogP contribution in [-0.2, 0) is 5.54 Å². The van der Waals surface area contributed by atoms with E-state index in [9.17, 15) is 4.79 Å². The molecule has 0 unspecified atom stereocenters. The van der Waals surface area contributed by atoms with Crippen LogP contribution in [0, 0.1) is 0 Å². The Balaban J connectivity index is 2.23. The van der Waals surface area contributed by atoms with Gasteiger partial charge in [0.25, 0.3) is 5.91 Å². The van der Waals surface area contributed by atoms with Crippen molar-refractivity contribution in [2.45, 2.75) is 24.8 Å². The van der Waals surface area contributed by atoms with Crippen LogP contribution in [0.1, 0.15) is 35.2 Å². The first kappa shape index (κ1) is 9.70. The van der Waals surface area contributed by atoms with Gasteiger partial charge in [-0.2, -0.15) is 0 Å². The number of methoxy groups -OCH3 is 1. The van der Waals surface area contributed by atoms with E-state index in [1.807, 2.05) is 24.1 Å². The standard InChI is InChI=1S/C13H15NO2/c1-14-12(15)11-9(13(14)7-4-8-13)5-3-6-10(11)16-2/h3,5-6H,4,7-8H2,1-2H3. The van der Waals surface area contributed by atoms with Gasteiger partial charge in [-0.3, -0.25) is 4.79 Å². The van der Waals surface area contributed by atoms with Gasteiger partial charge in [0.1, 0.15) is 5.75 Å². The predicted molar refractivity (Wildman–Crippen MR) is 60.6 cm³/mol. The van der Waals surface area contributed by atoms with Crippen LogP contribution in [0.25, 0.3) is 0 Å². The molecule has 3 heteroatoms. The molecule has 0 N–H and O–H groups in total. The lowest BCUT2D eigenvalue weighted by Gasteiger charge is -2.44. The van der Waals surface area contributed by atoms with Gasteiger partial charge in [0.15, 0.2) is 0 Å². The summed E-state index contributed by atoms with van der Waals surface area (Å²) < 4.78 is 5.29. The molecule has 1 aliphatic heterocycles. The number of nitrogens with zero attached hydrogens (tertiary/aromatic N) is 1. The number of fused-ring (bicyclic) bond motifs is 2. The maximum absolute atomic E-state index is 12.2. The van der Waals surface area contributed by atoms with Crippen molar-refractivity contribution < 1.29 is 9.53 Å². The van der Waals surface area contributed by atoms with Gasteiger partial charge < -0.3 is 9.64 Å². The lowest BCUT2D eigenvalue weighted by atomic mass is 9.72. The third-order valence-corrected chi connectivity index (χ3v) is 4.09. The van der Waals surface area contributed by atoms with E-state index in [4.69, 9.17) is 4.74 Å². The molecular weight excluding hydrogens is 202 g/mol. The third-order valence-electron chi connectivity index (χ3n) is 4.09. The minimum absolute atomic E-state index is 0.0268. The molecule has 1 saturated carbocycles. The molecule has 1 aliphatic carbocycles. The van der Waals surface area contributed by atoms with Crippen LogP contribution in [0.15, 0.2) is 18.2 Å². The Morgan fingerprint density at radius 3 is 2.69 bits per heavy atom. The number of carbonyl (C=O) groups is 1. The number of carbonyl (C=O) groups excluding carboxylic acids is 1. The van der Waals surface area contributed by atoms with Crippen LogP contribution in [0.2, 0.25) is 0 Å². The maximum Gasteiger partial charge on any atom is 0.258 e. The SMILES string of the molecule is COc1cccc2c1C(=O)N(C)C21CCC1. The average Bonchev–Trinajstić information content (AvgIpc) is 2.48. The molecule has 1 amide bonds. The highest BCUT2D eigenvalue weighted by atomic mass is 16.5. The Hall–Kier alpha value is -1.51. The molecule has 16 heavy (non-hydrogen) atoms. The average molecular weight is 217 g/mol. The number of hydrogen-bond acceptors (Lipinski definition) is 2. The lowest BCUT2D eigenvalue weighted by Crippen LogP contribution is -2.46. The van der Waals surface area contributed by atoms with E-state index in [0.29, 0.717) is 5.75 Å². The van der Waals surface area contributed by atoms with Crippen LogP contribution in [0.4, 0.5) is 0 Å². The molecule has 3 rings (SSSR count). The summed E-state index contributed by atoms with van der Waals surface area (Å²) in [6, 6.07) is 5.91. The summed E-state index contributed by atoms with van der Waals surface area (Å²) in [6.45, 7) is 0. The molecule has 1 aromatic carbocycles. The van der Waals surface area contributed by atoms with Crippen molar-refractivity contribution in [1.82, 2.24) is 4.90 Å². The molecule has 0 saturated heterocycles. The maximum atomic E-state index is 12.2. The van der Waals surface area contributed by atoms with Crippen molar-refractivity contribution >= 4 is 5.91 Å². The number of ether oxygens (including phenoxy) is 1. The Labute approximate surface area is 95.0 Å². The predicted octanol–water partition coefficient (Wildman–Crippen LogP) is 2.16. The van der Waals surface area contributed by atoms with Crippen LogP contribution in [0.5, 0.6) is 5.75 Å². The molecule has 0 bridgehead atoms. The van der Waals surface area contributed by atoms with E-state index in [0.717, 1.165) is 24.0 Å². The van der Waals surface area contributed by atoms with Crippen molar-refractivity contribution in [3.8, 4) is 5.75 Å². The van der Waals surface area contributed by atoms with Crippen molar-refractivity contribution in [3.05, 3.63) is 29.3 Å². The summed E-state index contributed by atoms with van der Waals surface area (Å²) >= 11 is 0. The quantitative estimate of drug-likeness (QED) is 0.721. The smallest absolute Gasteiger partial charge is 0.258 e. The molecule has 1 aromatic rings. The molecule has 84 valence electrons. The fourth-order valence-corrected chi connectivity index (χ4v) is 2.97. The highest BCUT2D eigenvalue weighted by Gasteiger charge is 2.52. The Morgan fingerprint density at radius 1 is 1.38 bits per heavy atom. The van der Waals surface area contributed by atoms with E-state index in [-0.39, 0.29) is 11.4 Å². The summed E-state index contributed by atoms with van der Waals surface area (Å²) in [5.41, 5.74) is 1.90. The van der Waals surface area contributed by atoms with Crippen LogP contribution < -0.4 is 4.74 Å². The van der Waals surface area contributed by atoms with Crippen LogP contribution in [0.3, 0.4) is 0 Å². The van der Waals surface area contributed by atoms with Crippen LogP contribution >= 0.6 is 0 Å². The van der Waals surface area contributed by atoms with Crippen molar-refractivity contribution in [2.75, 3.05) is 14.2 Å². The molecule has 2 aliphatic rings. The van der Waals surface area contributed by atoms with Crippen molar-refractivity contribution in [1.29, 1.82) is 0 Å². The molecule has 0 aromatic heterocycles. The Bertz CT molecular complexity index is 463. The number of benzene rings is 1. The Kier molecular flexibility index (Phi) is 1.82. The first-order chi connectivity index (χ1) is 7.70. The van der Waals surface area contributed by atoms with Gasteiger partial charge in [0.05, 0.1) is 18.2 Å². The van der Waals surface area contributed by atoms with Gasteiger partial charge in [-0.15, -0.1) is 0 Å². The highest BCUT2D eigenvalue weighted by molar-refractivity contribution is 6.02. The van der Waals surface area contributed by atoms with Gasteiger partial charge in [0, 0.05) is 7.05 Å². The molecule has 1 spiro atoms. The van der Waals surface area contributed by atoms with E-state index < -0.39 is 0 Å². The van der Waals surface area contributed by atoms with Gasteiger partial charge in [-0.1, -0.05) is 12.1 Å². The summed E-state index contributed by atoms with van der Waals surface area (Å²) in [7, 11) is 3.52. The second-order valence-corrected chi connectivity index (χ2v) is 4.63. The first-order valence-corrected chi connectivity index (χ1v) is 5.66. The normalized spacial score (nSPS) is 20.9. The van der Waals surface area contributed by atoms with E-state index in [1.54, 1.807) is 7.11 Å². The minimum Gasteiger partial charge on any atom is -0.496 e. The summed E-state index contributed by atoms with van der Waals surface area (Å²) in [5.74, 6) is 0.810. The monoisotopic (exact) mass is 217 g/mol. The molecule has 0 radical (unpaired) electrons. The fourth-order valence-electron chi connectivity index (χ4n) is 2.97. The van der Waals surface area contributed by atoms with E-state index in [2.05, 4.69) is 6.07 Å². The lowest BCUT2D eigenvalue weighted by molar-refractivity contribution is 0.0378. The van der Waals surface area contributed by atoms with E-state index >= 15 is 0 Å². The van der Waals surface area contributed by atoms with Crippen LogP contribution in [-0.4, -0.2) is 25.0 Å². The van der Waals surface area contributed by atoms with Gasteiger partial charge in [0.2, 0.25) is 0 Å². The molecular formula is C13H15NO2. The fraction of sp³-hybridized carbons (Fsp3) is 0.462. The summed E-state index contributed by atoms with van der Waals surface area (Å²) in [4.78, 5) is 14.1. The first-order valence-electron chi connectivity index (χ1n) is 5.66. The molecule has 1 heterocycles. The largest absolute Gasteiger partial charge is 0.496 e. The molecule has 0 atom stereocenters. The second-order valence-electron chi connectivity index (χ2n) is 4.63. The summed E-state index contributed by atoms with van der Waals surface area (Å²) in [5, 5.41) is 0. The zero-order valence-corrected chi connectivity index (χ0v) is 9.62. The van der Waals surface area contributed by atoms with Gasteiger partial charge >= 0.3 is 0 Å². The Morgan fingerprint density at radius 2 is 2.12 bits per heavy atom. The highest BCUT2D eigenvalue weighted by Crippen LogP contribution is 2.53. The number of amides is 1.